The van der Waals surface area contributed by atoms with E-state index in [1.807, 2.05) is 50.2 Å². The van der Waals surface area contributed by atoms with E-state index in [0.717, 1.165) is 5.69 Å². The monoisotopic (exact) mass is 303 g/mol. The maximum Gasteiger partial charge on any atom is 0.199 e. The van der Waals surface area contributed by atoms with E-state index in [2.05, 4.69) is 29.6 Å². The van der Waals surface area contributed by atoms with Gasteiger partial charge < -0.3 is 14.4 Å². The molecule has 0 bridgehead atoms. The van der Waals surface area contributed by atoms with Crippen LogP contribution in [0.15, 0.2) is 60.7 Å². The van der Waals surface area contributed by atoms with Crippen LogP contribution in [0.1, 0.15) is 25.2 Å². The van der Waals surface area contributed by atoms with Gasteiger partial charge in [0.05, 0.1) is 13.2 Å². The van der Waals surface area contributed by atoms with Crippen LogP contribution in [-0.2, 0) is 9.05 Å². The number of rotatable bonds is 8. The van der Waals surface area contributed by atoms with Gasteiger partial charge in [0.25, 0.3) is 0 Å². The van der Waals surface area contributed by atoms with Crippen molar-refractivity contribution in [1.82, 2.24) is 0 Å². The quantitative estimate of drug-likeness (QED) is 0.681. The summed E-state index contributed by atoms with van der Waals surface area (Å²) in [4.78, 5) is 0. The van der Waals surface area contributed by atoms with Gasteiger partial charge in [0.15, 0.2) is 8.38 Å². The lowest BCUT2D eigenvalue weighted by Crippen LogP contribution is -2.12. The van der Waals surface area contributed by atoms with Crippen molar-refractivity contribution >= 4 is 14.1 Å². The van der Waals surface area contributed by atoms with E-state index in [1.165, 1.54) is 5.56 Å². The van der Waals surface area contributed by atoms with E-state index >= 15 is 0 Å². The normalized spacial score (nSPS) is 12.3. The fourth-order valence-electron chi connectivity index (χ4n) is 2.03. The predicted molar refractivity (Wildman–Crippen MR) is 89.4 cm³/mol. The minimum Gasteiger partial charge on any atom is -0.370 e. The molecule has 0 unspecified atom stereocenters. The molecule has 1 atom stereocenters. The Bertz CT molecular complexity index is 501. The van der Waals surface area contributed by atoms with Crippen LogP contribution >= 0.6 is 8.38 Å². The van der Waals surface area contributed by atoms with Crippen molar-refractivity contribution in [3.05, 3.63) is 66.2 Å². The zero-order chi connectivity index (χ0) is 14.9. The van der Waals surface area contributed by atoms with E-state index in [4.69, 9.17) is 9.05 Å². The third kappa shape index (κ3) is 4.82. The number of hydrogen-bond acceptors (Lipinski definition) is 3. The number of nitrogens with one attached hydrogen (secondary N) is 1. The molecule has 0 aliphatic heterocycles. The fraction of sp³-hybridized carbons (Fsp3) is 0.294. The van der Waals surface area contributed by atoms with Crippen LogP contribution in [0, 0.1) is 0 Å². The van der Waals surface area contributed by atoms with Crippen molar-refractivity contribution in [3.63, 3.8) is 0 Å². The molecule has 3 nitrogen and oxygen atoms in total. The summed E-state index contributed by atoms with van der Waals surface area (Å²) in [6.45, 7) is 5.29. The molecule has 112 valence electrons. The SMILES string of the molecule is CCOP(OCC)[C@H](Nc1ccccc1)c1ccccc1. The molecule has 0 amide bonds. The molecular weight excluding hydrogens is 281 g/mol. The van der Waals surface area contributed by atoms with Gasteiger partial charge in [-0.05, 0) is 31.5 Å². The summed E-state index contributed by atoms with van der Waals surface area (Å²) < 4.78 is 11.7. The minimum absolute atomic E-state index is 0.0171. The highest BCUT2D eigenvalue weighted by atomic mass is 31.2. The number of anilines is 1. The Hall–Kier alpha value is -1.41. The van der Waals surface area contributed by atoms with Gasteiger partial charge in [-0.25, -0.2) is 0 Å². The molecule has 1 N–H and O–H groups in total. The molecule has 0 aliphatic carbocycles. The van der Waals surface area contributed by atoms with Gasteiger partial charge in [-0.1, -0.05) is 48.5 Å². The molecule has 0 radical (unpaired) electrons. The lowest BCUT2D eigenvalue weighted by atomic mass is 10.2. The Morgan fingerprint density at radius 3 is 1.90 bits per heavy atom. The van der Waals surface area contributed by atoms with Gasteiger partial charge in [0.2, 0.25) is 0 Å². The van der Waals surface area contributed by atoms with Crippen molar-refractivity contribution in [2.45, 2.75) is 19.6 Å². The van der Waals surface area contributed by atoms with E-state index < -0.39 is 8.38 Å². The molecule has 4 heteroatoms. The van der Waals surface area contributed by atoms with Crippen LogP contribution in [0.25, 0.3) is 0 Å². The van der Waals surface area contributed by atoms with Gasteiger partial charge in [-0.3, -0.25) is 0 Å². The van der Waals surface area contributed by atoms with Crippen LogP contribution in [0.4, 0.5) is 5.69 Å². The summed E-state index contributed by atoms with van der Waals surface area (Å²) in [6.07, 6.45) is 0. The first-order valence-electron chi connectivity index (χ1n) is 7.26. The summed E-state index contributed by atoms with van der Waals surface area (Å²) in [5.74, 6) is 0.0171. The lowest BCUT2D eigenvalue weighted by molar-refractivity contribution is 0.264. The largest absolute Gasteiger partial charge is 0.370 e. The smallest absolute Gasteiger partial charge is 0.199 e. The number of para-hydroxylation sites is 1. The third-order valence-electron chi connectivity index (χ3n) is 2.92. The summed E-state index contributed by atoms with van der Waals surface area (Å²) in [5, 5.41) is 3.54. The molecule has 21 heavy (non-hydrogen) atoms. The number of hydrogen-bond donors (Lipinski definition) is 1. The first-order valence-corrected chi connectivity index (χ1v) is 8.51. The second kappa shape index (κ2) is 8.78. The molecule has 0 aliphatic rings. The van der Waals surface area contributed by atoms with Gasteiger partial charge in [-0.2, -0.15) is 0 Å². The Balaban J connectivity index is 2.24. The average Bonchev–Trinajstić information content (AvgIpc) is 2.54. The first kappa shape index (κ1) is 16.0. The summed E-state index contributed by atoms with van der Waals surface area (Å²) in [7, 11) is -1.04. The molecule has 0 fully saturated rings. The minimum atomic E-state index is -1.04. The van der Waals surface area contributed by atoms with Gasteiger partial charge in [0.1, 0.15) is 5.78 Å². The van der Waals surface area contributed by atoms with Crippen molar-refractivity contribution < 1.29 is 9.05 Å². The Morgan fingerprint density at radius 2 is 1.38 bits per heavy atom. The fourth-order valence-corrected chi connectivity index (χ4v) is 3.58. The molecule has 0 spiro atoms. The Labute approximate surface area is 128 Å². The second-order valence-corrected chi connectivity index (χ2v) is 6.05. The molecule has 2 rings (SSSR count). The standard InChI is InChI=1S/C17H22NO2P/c1-3-19-21(20-4-2)17(15-11-7-5-8-12-15)18-16-13-9-6-10-14-16/h5-14,17-18H,3-4H2,1-2H3/t17-/m0/s1. The lowest BCUT2D eigenvalue weighted by Gasteiger charge is -2.27. The molecule has 0 aromatic heterocycles. The Morgan fingerprint density at radius 1 is 0.857 bits per heavy atom. The number of benzene rings is 2. The highest BCUT2D eigenvalue weighted by Crippen LogP contribution is 2.52. The van der Waals surface area contributed by atoms with Crippen molar-refractivity contribution in [2.75, 3.05) is 18.5 Å². The van der Waals surface area contributed by atoms with Crippen LogP contribution < -0.4 is 5.32 Å². The van der Waals surface area contributed by atoms with Crippen molar-refractivity contribution in [2.24, 2.45) is 0 Å². The zero-order valence-electron chi connectivity index (χ0n) is 12.5. The second-order valence-electron chi connectivity index (χ2n) is 4.44. The molecule has 0 heterocycles. The van der Waals surface area contributed by atoms with Crippen LogP contribution in [0.3, 0.4) is 0 Å². The zero-order valence-corrected chi connectivity index (χ0v) is 13.4. The van der Waals surface area contributed by atoms with Crippen molar-refractivity contribution in [1.29, 1.82) is 0 Å². The molecule has 0 saturated heterocycles. The van der Waals surface area contributed by atoms with E-state index in [1.54, 1.807) is 0 Å². The van der Waals surface area contributed by atoms with E-state index in [9.17, 15) is 0 Å². The van der Waals surface area contributed by atoms with Gasteiger partial charge >= 0.3 is 0 Å². The van der Waals surface area contributed by atoms with E-state index in [-0.39, 0.29) is 5.78 Å². The van der Waals surface area contributed by atoms with E-state index in [0.29, 0.717) is 13.2 Å². The molecule has 2 aromatic carbocycles. The van der Waals surface area contributed by atoms with Gasteiger partial charge in [0, 0.05) is 5.69 Å². The first-order chi connectivity index (χ1) is 10.3. The maximum atomic E-state index is 5.85. The topological polar surface area (TPSA) is 30.5 Å². The third-order valence-corrected chi connectivity index (χ3v) is 4.79. The molecule has 2 aromatic rings. The maximum absolute atomic E-state index is 5.85. The average molecular weight is 303 g/mol. The molecule has 0 saturated carbocycles. The molecular formula is C17H22NO2P. The highest BCUT2D eigenvalue weighted by molar-refractivity contribution is 7.47. The van der Waals surface area contributed by atoms with Crippen LogP contribution in [0.2, 0.25) is 0 Å². The summed E-state index contributed by atoms with van der Waals surface area (Å²) in [6, 6.07) is 20.5. The van der Waals surface area contributed by atoms with Crippen LogP contribution in [-0.4, -0.2) is 13.2 Å². The summed E-state index contributed by atoms with van der Waals surface area (Å²) in [5.41, 5.74) is 2.24. The van der Waals surface area contributed by atoms with Crippen LogP contribution in [0.5, 0.6) is 0 Å². The van der Waals surface area contributed by atoms with Gasteiger partial charge in [-0.15, -0.1) is 0 Å². The predicted octanol–water partition coefficient (Wildman–Crippen LogP) is 5.18. The summed E-state index contributed by atoms with van der Waals surface area (Å²) >= 11 is 0. The highest BCUT2D eigenvalue weighted by Gasteiger charge is 2.25. The van der Waals surface area contributed by atoms with Crippen molar-refractivity contribution in [3.8, 4) is 0 Å². The Kier molecular flexibility index (Phi) is 6.68.